The van der Waals surface area contributed by atoms with Gasteiger partial charge in [0.2, 0.25) is 35.3 Å². The van der Waals surface area contributed by atoms with Crippen molar-refractivity contribution in [3.63, 3.8) is 0 Å². The van der Waals surface area contributed by atoms with Gasteiger partial charge in [0.25, 0.3) is 0 Å². The minimum Gasteiger partial charge on any atom is -0.370 e. The van der Waals surface area contributed by atoms with E-state index in [0.717, 1.165) is 16.2 Å². The van der Waals surface area contributed by atoms with E-state index < -0.39 is 66.4 Å². The van der Waals surface area contributed by atoms with Crippen molar-refractivity contribution in [2.24, 2.45) is 38.7 Å². The molecule has 46 heavy (non-hydrogen) atoms. The normalized spacial score (nSPS) is 17.8. The van der Waals surface area contributed by atoms with Crippen LogP contribution in [0.4, 0.5) is 0 Å². The number of primary amides is 1. The second-order valence-electron chi connectivity index (χ2n) is 10.6. The number of guanidine groups is 2. The molecule has 0 aliphatic carbocycles. The number of hydrogen-bond acceptors (Lipinski definition) is 10. The highest BCUT2D eigenvalue weighted by Gasteiger charge is 2.34. The lowest BCUT2D eigenvalue weighted by Gasteiger charge is -2.32. The van der Waals surface area contributed by atoms with Gasteiger partial charge in [0.05, 0.1) is 12.5 Å². The van der Waals surface area contributed by atoms with Gasteiger partial charge in [-0.1, -0.05) is 6.42 Å². The molecule has 0 spiro atoms. The first kappa shape index (κ1) is 37.4. The van der Waals surface area contributed by atoms with Gasteiger partial charge in [-0.15, -0.1) is 11.3 Å². The minimum absolute atomic E-state index is 0.00184. The van der Waals surface area contributed by atoms with Crippen LogP contribution >= 0.6 is 11.3 Å². The van der Waals surface area contributed by atoms with E-state index in [1.165, 1.54) is 6.20 Å². The Morgan fingerprint density at radius 3 is 2.26 bits per heavy atom. The molecule has 2 rings (SSSR count). The third kappa shape index (κ3) is 13.4. The van der Waals surface area contributed by atoms with Crippen molar-refractivity contribution >= 4 is 58.6 Å². The number of amides is 5. The summed E-state index contributed by atoms with van der Waals surface area (Å²) in [5.41, 5.74) is 27.1. The van der Waals surface area contributed by atoms with E-state index >= 15 is 0 Å². The molecule has 1 unspecified atom stereocenters. The van der Waals surface area contributed by atoms with Gasteiger partial charge in [0.1, 0.15) is 18.6 Å². The molecule has 0 aromatic carbocycles. The zero-order chi connectivity index (χ0) is 34.1. The maximum absolute atomic E-state index is 14.0. The summed E-state index contributed by atoms with van der Waals surface area (Å²) in [6.45, 7) is 0.00864. The summed E-state index contributed by atoms with van der Waals surface area (Å²) in [5, 5.41) is 9.60. The van der Waals surface area contributed by atoms with Crippen LogP contribution in [0.1, 0.15) is 67.6 Å². The average Bonchev–Trinajstić information content (AvgIpc) is 3.53. The Morgan fingerprint density at radius 1 is 0.978 bits per heavy atom. The second-order valence-corrected chi connectivity index (χ2v) is 11.5. The smallest absolute Gasteiger partial charge is 0.243 e. The van der Waals surface area contributed by atoms with E-state index in [1.807, 2.05) is 0 Å². The van der Waals surface area contributed by atoms with Gasteiger partial charge >= 0.3 is 0 Å². The third-order valence-electron chi connectivity index (χ3n) is 6.92. The summed E-state index contributed by atoms with van der Waals surface area (Å²) in [6.07, 6.45) is 3.38. The molecule has 254 valence electrons. The molecular weight excluding hydrogens is 620 g/mol. The molecule has 18 nitrogen and oxygen atoms in total. The van der Waals surface area contributed by atoms with Crippen molar-refractivity contribution in [2.45, 2.75) is 75.9 Å². The minimum atomic E-state index is -1.34. The van der Waals surface area contributed by atoms with E-state index in [4.69, 9.17) is 28.7 Å². The van der Waals surface area contributed by atoms with Gasteiger partial charge in [0, 0.05) is 37.6 Å². The first-order valence-electron chi connectivity index (χ1n) is 14.9. The molecule has 1 aromatic rings. The number of aromatic nitrogens is 1. The number of carbonyl (C=O) groups excluding carboxylic acids is 6. The summed E-state index contributed by atoms with van der Waals surface area (Å²) in [7, 11) is 0. The molecule has 1 saturated heterocycles. The zero-order valence-corrected chi connectivity index (χ0v) is 26.4. The van der Waals surface area contributed by atoms with Crippen LogP contribution in [0.25, 0.3) is 0 Å². The van der Waals surface area contributed by atoms with Crippen LogP contribution in [-0.2, 0) is 24.0 Å². The quantitative estimate of drug-likeness (QED) is 0.0433. The lowest BCUT2D eigenvalue weighted by molar-refractivity contribution is -0.144. The summed E-state index contributed by atoms with van der Waals surface area (Å²) < 4.78 is 0. The molecule has 0 saturated carbocycles. The van der Waals surface area contributed by atoms with Crippen LogP contribution in [0.15, 0.2) is 21.6 Å². The molecular formula is C27H44N12O6S. The second kappa shape index (κ2) is 19.6. The number of aliphatic imine (C=N–C) groups is 2. The van der Waals surface area contributed by atoms with Gasteiger partial charge < -0.3 is 49.5 Å². The number of Topliss-reactive ketones (excluding diaryl/α,β-unsaturated/α-hetero) is 1. The third-order valence-corrected chi connectivity index (χ3v) is 7.71. The number of ketones is 1. The Hall–Kier alpha value is -4.81. The van der Waals surface area contributed by atoms with Crippen molar-refractivity contribution in [2.75, 3.05) is 26.2 Å². The first-order chi connectivity index (χ1) is 21.9. The highest BCUT2D eigenvalue weighted by Crippen LogP contribution is 2.16. The molecule has 2 heterocycles. The lowest BCUT2D eigenvalue weighted by atomic mass is 10.0. The number of rotatable bonds is 14. The fraction of sp³-hybridized carbons (Fsp3) is 0.593. The molecule has 1 fully saturated rings. The summed E-state index contributed by atoms with van der Waals surface area (Å²) in [5.74, 6) is -4.14. The summed E-state index contributed by atoms with van der Waals surface area (Å²) in [6, 6.07) is -3.62. The number of hydrogen-bond donors (Lipinski definition) is 8. The topological polar surface area (TPSA) is 309 Å². The van der Waals surface area contributed by atoms with Crippen LogP contribution in [0.2, 0.25) is 0 Å². The lowest BCUT2D eigenvalue weighted by Crippen LogP contribution is -2.57. The SMILES string of the molecule is NC(=O)C1CC(=O)NCCCCCC(=O)N([C@@H](CCCN=C(N)N)C(=O)N[C@@H](CCCN=C(N)N)C(=O)c2nccs2)CC(=O)N1. The molecule has 5 amide bonds. The Morgan fingerprint density at radius 2 is 1.65 bits per heavy atom. The molecule has 0 radical (unpaired) electrons. The molecule has 1 aliphatic heterocycles. The van der Waals surface area contributed by atoms with Gasteiger partial charge in [-0.25, -0.2) is 4.98 Å². The zero-order valence-electron chi connectivity index (χ0n) is 25.6. The van der Waals surface area contributed by atoms with Crippen molar-refractivity contribution in [1.29, 1.82) is 0 Å². The van der Waals surface area contributed by atoms with E-state index in [2.05, 4.69) is 30.9 Å². The molecule has 3 atom stereocenters. The van der Waals surface area contributed by atoms with Crippen LogP contribution in [0.5, 0.6) is 0 Å². The largest absolute Gasteiger partial charge is 0.370 e. The fourth-order valence-electron chi connectivity index (χ4n) is 4.65. The average molecular weight is 665 g/mol. The first-order valence-corrected chi connectivity index (χ1v) is 15.8. The Labute approximate surface area is 270 Å². The van der Waals surface area contributed by atoms with Crippen molar-refractivity contribution in [1.82, 2.24) is 25.8 Å². The number of carbonyl (C=O) groups is 6. The van der Waals surface area contributed by atoms with E-state index in [1.54, 1.807) is 5.38 Å². The van der Waals surface area contributed by atoms with Crippen molar-refractivity contribution < 1.29 is 28.8 Å². The molecule has 1 aliphatic rings. The van der Waals surface area contributed by atoms with Crippen molar-refractivity contribution in [3.05, 3.63) is 16.6 Å². The predicted octanol–water partition coefficient (Wildman–Crippen LogP) is -2.83. The monoisotopic (exact) mass is 664 g/mol. The highest BCUT2D eigenvalue weighted by molar-refractivity contribution is 7.11. The van der Waals surface area contributed by atoms with Crippen LogP contribution in [0, 0.1) is 0 Å². The molecule has 0 bridgehead atoms. The Kier molecular flexibility index (Phi) is 15.9. The number of thiazole rings is 1. The molecule has 13 N–H and O–H groups in total. The fourth-order valence-corrected chi connectivity index (χ4v) is 5.28. The van der Waals surface area contributed by atoms with Gasteiger partial charge in [-0.2, -0.15) is 0 Å². The molecule has 1 aromatic heterocycles. The van der Waals surface area contributed by atoms with Crippen LogP contribution < -0.4 is 44.6 Å². The van der Waals surface area contributed by atoms with Crippen LogP contribution in [0.3, 0.4) is 0 Å². The highest BCUT2D eigenvalue weighted by atomic mass is 32.1. The van der Waals surface area contributed by atoms with Gasteiger partial charge in [-0.3, -0.25) is 38.8 Å². The van der Waals surface area contributed by atoms with E-state index in [9.17, 15) is 28.8 Å². The number of nitrogens with one attached hydrogen (secondary N) is 3. The van der Waals surface area contributed by atoms with E-state index in [0.29, 0.717) is 32.2 Å². The van der Waals surface area contributed by atoms with Crippen molar-refractivity contribution in [3.8, 4) is 0 Å². The predicted molar refractivity (Wildman–Crippen MR) is 171 cm³/mol. The standard InChI is InChI=1S/C27H44N12O6S/c28-23(44)17-14-19(40)33-9-3-1-2-8-21(42)39(15-20(41)37-17)18(7-5-11-36-27(31)32)24(45)38-16(6-4-10-35-26(29)30)22(43)25-34-12-13-46-25/h12-13,16-18H,1-11,14-15H2,(H2,28,44)(H,33,40)(H,37,41)(H,38,45)(H4,29,30,35)(H4,31,32,36)/t16-,17?,18-/m0/s1. The maximum Gasteiger partial charge on any atom is 0.243 e. The Bertz CT molecular complexity index is 1260. The summed E-state index contributed by atoms with van der Waals surface area (Å²) >= 11 is 1.10. The van der Waals surface area contributed by atoms with Gasteiger partial charge in [-0.05, 0) is 38.5 Å². The summed E-state index contributed by atoms with van der Waals surface area (Å²) in [4.78, 5) is 91.4. The Balaban J connectivity index is 2.41. The van der Waals surface area contributed by atoms with E-state index in [-0.39, 0.29) is 55.7 Å². The number of nitrogens with zero attached hydrogens (tertiary/aromatic N) is 4. The van der Waals surface area contributed by atoms with Gasteiger partial charge in [0.15, 0.2) is 16.9 Å². The molecule has 19 heteroatoms. The van der Waals surface area contributed by atoms with Crippen LogP contribution in [-0.4, -0.2) is 101 Å². The number of nitrogens with two attached hydrogens (primary N) is 5. The maximum atomic E-state index is 14.0.